The molecule has 0 saturated carbocycles. The molecular formula is C14H20N2O4S. The van der Waals surface area contributed by atoms with Crippen LogP contribution in [0.2, 0.25) is 0 Å². The fourth-order valence-electron chi connectivity index (χ4n) is 2.65. The summed E-state index contributed by atoms with van der Waals surface area (Å²) in [4.78, 5) is 24.9. The first-order chi connectivity index (χ1) is 9.91. The standard InChI is InChI=1S/C14H20N2O4S/c1-8-7-21-13(9(8)2)12(18)10-3-4-11(17)16(10)6-5-15-14(19)20/h7,10,12,15,18H,3-6H2,1-2H3,(H,19,20)/t10-,12?/m0/s1. The fourth-order valence-corrected chi connectivity index (χ4v) is 3.76. The van der Waals surface area contributed by atoms with Crippen molar-refractivity contribution >= 4 is 23.3 Å². The number of aliphatic hydroxyl groups is 1. The van der Waals surface area contributed by atoms with Crippen LogP contribution >= 0.6 is 11.3 Å². The first-order valence-corrected chi connectivity index (χ1v) is 7.78. The Balaban J connectivity index is 2.08. The van der Waals surface area contributed by atoms with Gasteiger partial charge in [-0.2, -0.15) is 0 Å². The van der Waals surface area contributed by atoms with Crippen molar-refractivity contribution in [2.75, 3.05) is 13.1 Å². The van der Waals surface area contributed by atoms with E-state index in [1.807, 2.05) is 19.2 Å². The van der Waals surface area contributed by atoms with E-state index in [4.69, 9.17) is 5.11 Å². The summed E-state index contributed by atoms with van der Waals surface area (Å²) >= 11 is 1.51. The summed E-state index contributed by atoms with van der Waals surface area (Å²) in [5.41, 5.74) is 2.20. The van der Waals surface area contributed by atoms with E-state index in [9.17, 15) is 14.7 Å². The van der Waals surface area contributed by atoms with Gasteiger partial charge in [-0.3, -0.25) is 4.79 Å². The number of carbonyl (C=O) groups excluding carboxylic acids is 1. The number of rotatable bonds is 5. The Hall–Kier alpha value is -1.60. The highest BCUT2D eigenvalue weighted by Crippen LogP contribution is 2.35. The summed E-state index contributed by atoms with van der Waals surface area (Å²) in [6.45, 7) is 4.43. The summed E-state index contributed by atoms with van der Waals surface area (Å²) < 4.78 is 0. The molecule has 1 aromatic heterocycles. The van der Waals surface area contributed by atoms with Gasteiger partial charge in [0.1, 0.15) is 6.10 Å². The Bertz CT molecular complexity index is 543. The van der Waals surface area contributed by atoms with Crippen molar-refractivity contribution in [3.8, 4) is 0 Å². The molecule has 21 heavy (non-hydrogen) atoms. The monoisotopic (exact) mass is 312 g/mol. The average molecular weight is 312 g/mol. The molecule has 7 heteroatoms. The summed E-state index contributed by atoms with van der Waals surface area (Å²) in [6.07, 6.45) is -0.815. The van der Waals surface area contributed by atoms with Crippen molar-refractivity contribution in [2.45, 2.75) is 38.8 Å². The molecular weight excluding hydrogens is 292 g/mol. The molecule has 2 atom stereocenters. The first kappa shape index (κ1) is 15.8. The zero-order valence-corrected chi connectivity index (χ0v) is 12.9. The Morgan fingerprint density at radius 3 is 2.86 bits per heavy atom. The number of likely N-dealkylation sites (tertiary alicyclic amines) is 1. The molecule has 2 heterocycles. The second-order valence-electron chi connectivity index (χ2n) is 5.28. The smallest absolute Gasteiger partial charge is 0.404 e. The summed E-state index contributed by atoms with van der Waals surface area (Å²) in [6, 6.07) is -0.273. The quantitative estimate of drug-likeness (QED) is 0.771. The highest BCUT2D eigenvalue weighted by molar-refractivity contribution is 7.10. The molecule has 0 bridgehead atoms. The lowest BCUT2D eigenvalue weighted by Crippen LogP contribution is -2.42. The Kier molecular flexibility index (Phi) is 4.84. The summed E-state index contributed by atoms with van der Waals surface area (Å²) in [5, 5.41) is 23.4. The van der Waals surface area contributed by atoms with E-state index in [1.165, 1.54) is 11.3 Å². The number of carbonyl (C=O) groups is 2. The van der Waals surface area contributed by atoms with Crippen molar-refractivity contribution in [3.63, 3.8) is 0 Å². The van der Waals surface area contributed by atoms with Gasteiger partial charge in [0.25, 0.3) is 0 Å². The van der Waals surface area contributed by atoms with Gasteiger partial charge in [0.2, 0.25) is 5.91 Å². The minimum absolute atomic E-state index is 0.0304. The molecule has 2 rings (SSSR count). The number of hydrogen-bond donors (Lipinski definition) is 3. The van der Waals surface area contributed by atoms with E-state index < -0.39 is 12.2 Å². The molecule has 116 valence electrons. The lowest BCUT2D eigenvalue weighted by Gasteiger charge is -2.28. The molecule has 3 N–H and O–H groups in total. The highest BCUT2D eigenvalue weighted by Gasteiger charge is 2.37. The number of amides is 2. The van der Waals surface area contributed by atoms with Gasteiger partial charge in [-0.15, -0.1) is 11.3 Å². The Labute approximate surface area is 127 Å². The van der Waals surface area contributed by atoms with Gasteiger partial charge in [0.15, 0.2) is 0 Å². The number of nitrogens with zero attached hydrogens (tertiary/aromatic N) is 1. The van der Waals surface area contributed by atoms with Crippen LogP contribution in [0.5, 0.6) is 0 Å². The van der Waals surface area contributed by atoms with Gasteiger partial charge in [-0.25, -0.2) is 4.79 Å². The van der Waals surface area contributed by atoms with Gasteiger partial charge in [0, 0.05) is 24.4 Å². The molecule has 6 nitrogen and oxygen atoms in total. The number of thiophene rings is 1. The van der Waals surface area contributed by atoms with Crippen molar-refractivity contribution in [1.29, 1.82) is 0 Å². The van der Waals surface area contributed by atoms with Gasteiger partial charge < -0.3 is 20.4 Å². The van der Waals surface area contributed by atoms with Crippen LogP contribution in [0.4, 0.5) is 4.79 Å². The SMILES string of the molecule is Cc1csc(C(O)[C@@H]2CCC(=O)N2CCNC(=O)O)c1C. The largest absolute Gasteiger partial charge is 0.465 e. The minimum atomic E-state index is -1.11. The maximum Gasteiger partial charge on any atom is 0.404 e. The van der Waals surface area contributed by atoms with E-state index in [-0.39, 0.29) is 25.0 Å². The van der Waals surface area contributed by atoms with E-state index in [2.05, 4.69) is 5.32 Å². The van der Waals surface area contributed by atoms with Crippen molar-refractivity contribution in [2.24, 2.45) is 0 Å². The second kappa shape index (κ2) is 6.44. The van der Waals surface area contributed by atoms with E-state index in [0.29, 0.717) is 12.8 Å². The van der Waals surface area contributed by atoms with Crippen molar-refractivity contribution in [1.82, 2.24) is 10.2 Å². The van der Waals surface area contributed by atoms with Gasteiger partial charge >= 0.3 is 6.09 Å². The molecule has 0 radical (unpaired) electrons. The predicted molar refractivity (Wildman–Crippen MR) is 79.5 cm³/mol. The van der Waals surface area contributed by atoms with Crippen LogP contribution in [-0.2, 0) is 4.79 Å². The summed E-state index contributed by atoms with van der Waals surface area (Å²) in [5.74, 6) is -0.0304. The maximum atomic E-state index is 11.9. The number of nitrogens with one attached hydrogen (secondary N) is 1. The minimum Gasteiger partial charge on any atom is -0.465 e. The number of aliphatic hydroxyl groups excluding tert-OH is 1. The molecule has 1 fully saturated rings. The molecule has 0 aromatic carbocycles. The van der Waals surface area contributed by atoms with Crippen LogP contribution in [0.15, 0.2) is 5.38 Å². The first-order valence-electron chi connectivity index (χ1n) is 6.90. The second-order valence-corrected chi connectivity index (χ2v) is 6.19. The zero-order chi connectivity index (χ0) is 15.6. The Morgan fingerprint density at radius 2 is 2.29 bits per heavy atom. The number of hydrogen-bond acceptors (Lipinski definition) is 4. The van der Waals surface area contributed by atoms with E-state index in [1.54, 1.807) is 4.90 Å². The average Bonchev–Trinajstić information content (AvgIpc) is 2.94. The third kappa shape index (κ3) is 3.36. The third-order valence-corrected chi connectivity index (χ3v) is 5.23. The van der Waals surface area contributed by atoms with Crippen LogP contribution < -0.4 is 5.32 Å². The van der Waals surface area contributed by atoms with Gasteiger partial charge in [0.05, 0.1) is 6.04 Å². The van der Waals surface area contributed by atoms with Crippen LogP contribution in [0.25, 0.3) is 0 Å². The molecule has 1 aromatic rings. The number of aryl methyl sites for hydroxylation is 1. The molecule has 2 amide bonds. The van der Waals surface area contributed by atoms with Crippen LogP contribution in [0.3, 0.4) is 0 Å². The number of carboxylic acid groups (broad SMARTS) is 1. The Morgan fingerprint density at radius 1 is 1.57 bits per heavy atom. The molecule has 1 unspecified atom stereocenters. The fraction of sp³-hybridized carbons (Fsp3) is 0.571. The molecule has 0 aliphatic carbocycles. The van der Waals surface area contributed by atoms with E-state index >= 15 is 0 Å². The summed E-state index contributed by atoms with van der Waals surface area (Å²) in [7, 11) is 0. The zero-order valence-electron chi connectivity index (χ0n) is 12.1. The van der Waals surface area contributed by atoms with Gasteiger partial charge in [-0.1, -0.05) is 0 Å². The van der Waals surface area contributed by atoms with Crippen LogP contribution in [0, 0.1) is 13.8 Å². The topological polar surface area (TPSA) is 89.9 Å². The van der Waals surface area contributed by atoms with Gasteiger partial charge in [-0.05, 0) is 36.8 Å². The molecule has 0 spiro atoms. The van der Waals surface area contributed by atoms with Crippen LogP contribution in [0.1, 0.15) is 34.9 Å². The molecule has 1 aliphatic rings. The lowest BCUT2D eigenvalue weighted by atomic mass is 10.0. The maximum absolute atomic E-state index is 11.9. The highest BCUT2D eigenvalue weighted by atomic mass is 32.1. The third-order valence-electron chi connectivity index (χ3n) is 3.96. The van der Waals surface area contributed by atoms with Crippen LogP contribution in [-0.4, -0.2) is 46.2 Å². The predicted octanol–water partition coefficient (Wildman–Crippen LogP) is 1.66. The lowest BCUT2D eigenvalue weighted by molar-refractivity contribution is -0.130. The van der Waals surface area contributed by atoms with Crippen molar-refractivity contribution in [3.05, 3.63) is 21.4 Å². The molecule has 1 saturated heterocycles. The van der Waals surface area contributed by atoms with E-state index in [0.717, 1.165) is 16.0 Å². The van der Waals surface area contributed by atoms with Crippen molar-refractivity contribution < 1.29 is 19.8 Å². The normalized spacial score (nSPS) is 19.9. The molecule has 1 aliphatic heterocycles.